The first-order chi connectivity index (χ1) is 11.1. The fourth-order valence-electron chi connectivity index (χ4n) is 1.92. The molecule has 0 unspecified atom stereocenters. The van der Waals surface area contributed by atoms with E-state index in [1.807, 2.05) is 0 Å². The zero-order valence-corrected chi connectivity index (χ0v) is 12.9. The quantitative estimate of drug-likeness (QED) is 0.552. The first kappa shape index (κ1) is 15.5. The third kappa shape index (κ3) is 3.20. The summed E-state index contributed by atoms with van der Waals surface area (Å²) in [5, 5.41) is 17.1. The van der Waals surface area contributed by atoms with Gasteiger partial charge in [0, 0.05) is 16.1 Å². The number of rotatable bonds is 4. The van der Waals surface area contributed by atoms with Crippen molar-refractivity contribution in [1.82, 2.24) is 25.1 Å². The molecule has 3 rings (SSSR count). The summed E-state index contributed by atoms with van der Waals surface area (Å²) in [6, 6.07) is 7.09. The van der Waals surface area contributed by atoms with E-state index >= 15 is 0 Å². The van der Waals surface area contributed by atoms with Crippen LogP contribution in [-0.4, -0.2) is 31.3 Å². The number of nitrogens with one attached hydrogen (secondary N) is 2. The lowest BCUT2D eigenvalue weighted by molar-refractivity contribution is 0.136. The van der Waals surface area contributed by atoms with Gasteiger partial charge in [-0.2, -0.15) is 20.0 Å². The molecule has 0 atom stereocenters. The van der Waals surface area contributed by atoms with Gasteiger partial charge in [0.05, 0.1) is 18.1 Å². The van der Waals surface area contributed by atoms with Crippen molar-refractivity contribution in [2.75, 3.05) is 0 Å². The van der Waals surface area contributed by atoms with Gasteiger partial charge < -0.3 is 0 Å². The fourth-order valence-corrected chi connectivity index (χ4v) is 2.23. The molecule has 2 N–H and O–H groups in total. The Hall–Kier alpha value is -2.39. The number of hydrogen-bond donors (Lipinski definition) is 2. The van der Waals surface area contributed by atoms with E-state index in [0.717, 1.165) is 10.2 Å². The number of nitrogens with zero attached hydrogens (tertiary/aromatic N) is 4. The minimum atomic E-state index is -2.79. The molecule has 0 aliphatic rings. The van der Waals surface area contributed by atoms with Crippen molar-refractivity contribution in [3.63, 3.8) is 0 Å². The summed E-state index contributed by atoms with van der Waals surface area (Å²) in [6.07, 6.45) is 0.115. The Morgan fingerprint density at radius 3 is 2.70 bits per heavy atom. The van der Waals surface area contributed by atoms with Gasteiger partial charge in [-0.3, -0.25) is 5.10 Å². The summed E-state index contributed by atoms with van der Waals surface area (Å²) >= 11 is 10.7. The molecule has 6 nitrogen and oxygen atoms in total. The van der Waals surface area contributed by atoms with Crippen molar-refractivity contribution in [1.29, 1.82) is 0 Å². The highest BCUT2D eigenvalue weighted by molar-refractivity contribution is 7.71. The summed E-state index contributed by atoms with van der Waals surface area (Å²) < 4.78 is 26.5. The normalized spacial score (nSPS) is 11.7. The van der Waals surface area contributed by atoms with E-state index < -0.39 is 12.2 Å². The minimum Gasteiger partial charge on any atom is -0.277 e. The van der Waals surface area contributed by atoms with Gasteiger partial charge in [-0.25, -0.2) is 13.9 Å². The van der Waals surface area contributed by atoms with Crippen LogP contribution in [0.1, 0.15) is 17.8 Å². The molecule has 118 valence electrons. The van der Waals surface area contributed by atoms with E-state index in [1.165, 1.54) is 12.4 Å². The summed E-state index contributed by atoms with van der Waals surface area (Å²) in [7, 11) is 0. The average Bonchev–Trinajstić information content (AvgIpc) is 3.12. The van der Waals surface area contributed by atoms with Gasteiger partial charge in [0.1, 0.15) is 0 Å². The molecule has 2 heterocycles. The third-order valence-corrected chi connectivity index (χ3v) is 3.50. The second-order valence-electron chi connectivity index (χ2n) is 4.45. The molecule has 0 bridgehead atoms. The molecular weight excluding hydrogens is 346 g/mol. The largest absolute Gasteiger partial charge is 0.299 e. The zero-order chi connectivity index (χ0) is 16.4. The summed E-state index contributed by atoms with van der Waals surface area (Å²) in [4.78, 5) is 0. The molecule has 0 saturated heterocycles. The standard InChI is InChI=1S/C13H9ClF2N6S/c14-9-3-1-7(2-4-9)10-8(5-17-19-10)6-18-22-12(11(15)16)20-21-13(22)23/h1-6,11H,(H,17,19)(H,21,23)/b18-6+. The van der Waals surface area contributed by atoms with E-state index in [4.69, 9.17) is 23.8 Å². The number of halogens is 3. The van der Waals surface area contributed by atoms with E-state index in [0.29, 0.717) is 16.3 Å². The van der Waals surface area contributed by atoms with E-state index in [-0.39, 0.29) is 4.77 Å². The van der Waals surface area contributed by atoms with Crippen LogP contribution in [0.15, 0.2) is 35.6 Å². The van der Waals surface area contributed by atoms with E-state index in [9.17, 15) is 8.78 Å². The predicted octanol–water partition coefficient (Wildman–Crippen LogP) is 3.80. The third-order valence-electron chi connectivity index (χ3n) is 2.98. The number of alkyl halides is 2. The van der Waals surface area contributed by atoms with Crippen LogP contribution in [-0.2, 0) is 0 Å². The summed E-state index contributed by atoms with van der Waals surface area (Å²) in [5.74, 6) is -0.553. The van der Waals surface area contributed by atoms with Crippen LogP contribution in [0.2, 0.25) is 5.02 Å². The van der Waals surface area contributed by atoms with Gasteiger partial charge in [0.25, 0.3) is 6.43 Å². The maximum Gasteiger partial charge on any atom is 0.299 e. The molecule has 0 spiro atoms. The Labute approximate surface area is 138 Å². The van der Waals surface area contributed by atoms with Crippen LogP contribution in [0, 0.1) is 4.77 Å². The lowest BCUT2D eigenvalue weighted by Gasteiger charge is -2.01. The molecule has 23 heavy (non-hydrogen) atoms. The van der Waals surface area contributed by atoms with Crippen LogP contribution in [0.4, 0.5) is 8.78 Å². The van der Waals surface area contributed by atoms with Gasteiger partial charge in [0.15, 0.2) is 0 Å². The van der Waals surface area contributed by atoms with Crippen molar-refractivity contribution in [3.8, 4) is 11.3 Å². The number of hydrogen-bond acceptors (Lipinski definition) is 4. The SMILES string of the molecule is FC(F)c1n[nH]c(=S)n1/N=C/c1cn[nH]c1-c1ccc(Cl)cc1. The highest BCUT2D eigenvalue weighted by Gasteiger charge is 2.16. The minimum absolute atomic E-state index is 0.0203. The van der Waals surface area contributed by atoms with E-state index in [1.54, 1.807) is 24.3 Å². The fraction of sp³-hybridized carbons (Fsp3) is 0.0769. The predicted molar refractivity (Wildman–Crippen MR) is 84.4 cm³/mol. The Kier molecular flexibility index (Phi) is 4.30. The molecule has 2 aromatic heterocycles. The Morgan fingerprint density at radius 1 is 1.26 bits per heavy atom. The van der Waals surface area contributed by atoms with Crippen molar-refractivity contribution < 1.29 is 8.78 Å². The van der Waals surface area contributed by atoms with E-state index in [2.05, 4.69) is 25.5 Å². The molecule has 0 amide bonds. The molecule has 0 fully saturated rings. The lowest BCUT2D eigenvalue weighted by Crippen LogP contribution is -1.99. The highest BCUT2D eigenvalue weighted by Crippen LogP contribution is 2.22. The van der Waals surface area contributed by atoms with Gasteiger partial charge in [0.2, 0.25) is 10.6 Å². The number of aromatic nitrogens is 5. The number of H-pyrrole nitrogens is 2. The zero-order valence-electron chi connectivity index (χ0n) is 11.4. The molecule has 10 heteroatoms. The monoisotopic (exact) mass is 354 g/mol. The molecular formula is C13H9ClF2N6S. The first-order valence-electron chi connectivity index (χ1n) is 6.35. The van der Waals surface area contributed by atoms with Gasteiger partial charge >= 0.3 is 0 Å². The number of benzene rings is 1. The van der Waals surface area contributed by atoms with Gasteiger partial charge in [-0.1, -0.05) is 23.7 Å². The first-order valence-corrected chi connectivity index (χ1v) is 7.14. The molecule has 3 aromatic rings. The molecule has 0 aliphatic heterocycles. The van der Waals surface area contributed by atoms with Gasteiger partial charge in [-0.15, -0.1) is 0 Å². The Morgan fingerprint density at radius 2 is 2.00 bits per heavy atom. The van der Waals surface area contributed by atoms with Crippen LogP contribution >= 0.6 is 23.8 Å². The van der Waals surface area contributed by atoms with Crippen LogP contribution in [0.5, 0.6) is 0 Å². The molecule has 0 saturated carbocycles. The second kappa shape index (κ2) is 6.39. The van der Waals surface area contributed by atoms with Crippen molar-refractivity contribution >= 4 is 30.0 Å². The smallest absolute Gasteiger partial charge is 0.277 e. The summed E-state index contributed by atoms with van der Waals surface area (Å²) in [5.41, 5.74) is 2.12. The highest BCUT2D eigenvalue weighted by atomic mass is 35.5. The van der Waals surface area contributed by atoms with Crippen LogP contribution in [0.25, 0.3) is 11.3 Å². The van der Waals surface area contributed by atoms with Crippen molar-refractivity contribution in [2.24, 2.45) is 5.10 Å². The maximum absolute atomic E-state index is 12.8. The van der Waals surface area contributed by atoms with Crippen molar-refractivity contribution in [3.05, 3.63) is 51.6 Å². The Bertz CT molecular complexity index is 896. The summed E-state index contributed by atoms with van der Waals surface area (Å²) in [6.45, 7) is 0. The molecule has 0 aliphatic carbocycles. The van der Waals surface area contributed by atoms with Crippen LogP contribution in [0.3, 0.4) is 0 Å². The second-order valence-corrected chi connectivity index (χ2v) is 5.27. The lowest BCUT2D eigenvalue weighted by atomic mass is 10.1. The molecule has 0 radical (unpaired) electrons. The molecule has 1 aromatic carbocycles. The average molecular weight is 355 g/mol. The maximum atomic E-state index is 12.8. The Balaban J connectivity index is 1.96. The topological polar surface area (TPSA) is 74.7 Å². The number of aromatic amines is 2. The van der Waals surface area contributed by atoms with Crippen molar-refractivity contribution in [2.45, 2.75) is 6.43 Å². The van der Waals surface area contributed by atoms with Gasteiger partial charge in [-0.05, 0) is 24.4 Å². The van der Waals surface area contributed by atoms with Crippen LogP contribution < -0.4 is 0 Å².